The van der Waals surface area contributed by atoms with E-state index in [2.05, 4.69) is 13.8 Å². The number of fused-ring (bicyclic) bond motifs is 5. The Labute approximate surface area is 162 Å². The number of carbonyl (C=O) groups is 3. The van der Waals surface area contributed by atoms with Crippen molar-refractivity contribution in [1.29, 1.82) is 0 Å². The Bertz CT molecular complexity index is 640. The van der Waals surface area contributed by atoms with Gasteiger partial charge in [0.1, 0.15) is 5.78 Å². The smallest absolute Gasteiger partial charge is 0.375 e. The van der Waals surface area contributed by atoms with Crippen LogP contribution in [0, 0.1) is 46.8 Å². The number of Topliss-reactive ketones (excluding diaryl/α,β-unsaturated/α-hetero) is 2. The van der Waals surface area contributed by atoms with E-state index in [0.717, 1.165) is 36.5 Å². The summed E-state index contributed by atoms with van der Waals surface area (Å²) < 4.78 is 4.90. The van der Waals surface area contributed by atoms with E-state index in [-0.39, 0.29) is 18.3 Å². The van der Waals surface area contributed by atoms with Crippen molar-refractivity contribution in [2.24, 2.45) is 46.8 Å². The van der Waals surface area contributed by atoms with Crippen molar-refractivity contribution >= 4 is 17.5 Å². The molecule has 4 nitrogen and oxygen atoms in total. The largest absolute Gasteiger partial charge is 0.460 e. The van der Waals surface area contributed by atoms with Crippen LogP contribution in [-0.2, 0) is 19.1 Å². The van der Waals surface area contributed by atoms with Crippen molar-refractivity contribution in [3.05, 3.63) is 0 Å². The Kier molecular flexibility index (Phi) is 4.97. The standard InChI is InChI=1S/C23H34O4/c1-4-27-22(26)20(24)18-12-19-17-8-6-14-11-13(2)5-7-15(14)16(17)9-10-23(19,3)21(18)25/h13-19H,4-12H2,1-3H3. The zero-order valence-electron chi connectivity index (χ0n) is 17.0. The van der Waals surface area contributed by atoms with Crippen molar-refractivity contribution in [3.8, 4) is 0 Å². The van der Waals surface area contributed by atoms with Gasteiger partial charge in [-0.3, -0.25) is 9.59 Å². The highest BCUT2D eigenvalue weighted by molar-refractivity contribution is 6.39. The number of ketones is 2. The fraction of sp³-hybridized carbons (Fsp3) is 0.870. The second kappa shape index (κ2) is 7.00. The second-order valence-corrected chi connectivity index (χ2v) is 10.0. The first-order valence-corrected chi connectivity index (χ1v) is 11.1. The summed E-state index contributed by atoms with van der Waals surface area (Å²) >= 11 is 0. The van der Waals surface area contributed by atoms with Gasteiger partial charge in [-0.1, -0.05) is 20.3 Å². The maximum absolute atomic E-state index is 13.2. The molecule has 0 radical (unpaired) electrons. The first kappa shape index (κ1) is 19.1. The average Bonchev–Trinajstić information content (AvgIpc) is 2.92. The minimum Gasteiger partial charge on any atom is -0.460 e. The van der Waals surface area contributed by atoms with Gasteiger partial charge >= 0.3 is 5.97 Å². The fourth-order valence-corrected chi connectivity index (χ4v) is 7.48. The third-order valence-corrected chi connectivity index (χ3v) is 8.77. The molecule has 0 aromatic carbocycles. The van der Waals surface area contributed by atoms with Crippen LogP contribution < -0.4 is 0 Å². The van der Waals surface area contributed by atoms with Crippen LogP contribution in [0.25, 0.3) is 0 Å². The SMILES string of the molecule is CCOC(=O)C(=O)C1CC2C3CCC4CC(C)CCC4C3CCC2(C)C1=O. The molecule has 150 valence electrons. The summed E-state index contributed by atoms with van der Waals surface area (Å²) in [5.74, 6) is 1.93. The Morgan fingerprint density at radius 1 is 1.04 bits per heavy atom. The predicted octanol–water partition coefficient (Wildman–Crippen LogP) is 4.20. The lowest BCUT2D eigenvalue weighted by molar-refractivity contribution is -0.157. The van der Waals surface area contributed by atoms with E-state index in [1.165, 1.54) is 32.1 Å². The van der Waals surface area contributed by atoms with Gasteiger partial charge in [0.15, 0.2) is 0 Å². The van der Waals surface area contributed by atoms with Gasteiger partial charge in [-0.25, -0.2) is 4.79 Å². The molecule has 27 heavy (non-hydrogen) atoms. The van der Waals surface area contributed by atoms with Crippen molar-refractivity contribution in [2.75, 3.05) is 6.61 Å². The number of rotatable bonds is 3. The van der Waals surface area contributed by atoms with Crippen LogP contribution in [0.1, 0.15) is 72.1 Å². The second-order valence-electron chi connectivity index (χ2n) is 10.0. The molecule has 4 saturated carbocycles. The molecule has 0 saturated heterocycles. The van der Waals surface area contributed by atoms with Crippen LogP contribution in [0.15, 0.2) is 0 Å². The average molecular weight is 375 g/mol. The van der Waals surface area contributed by atoms with Crippen LogP contribution in [0.2, 0.25) is 0 Å². The summed E-state index contributed by atoms with van der Waals surface area (Å²) in [5.41, 5.74) is -0.414. The number of ether oxygens (including phenoxy) is 1. The lowest BCUT2D eigenvalue weighted by atomic mass is 9.50. The maximum atomic E-state index is 13.2. The van der Waals surface area contributed by atoms with Crippen LogP contribution in [0.5, 0.6) is 0 Å². The minimum absolute atomic E-state index is 0.0170. The molecule has 4 rings (SSSR count). The zero-order valence-corrected chi connectivity index (χ0v) is 17.0. The molecule has 4 fully saturated rings. The van der Waals surface area contributed by atoms with Crippen molar-refractivity contribution < 1.29 is 19.1 Å². The van der Waals surface area contributed by atoms with Gasteiger partial charge in [0.05, 0.1) is 12.5 Å². The molecule has 0 N–H and O–H groups in total. The zero-order chi connectivity index (χ0) is 19.3. The molecule has 8 atom stereocenters. The molecule has 0 bridgehead atoms. The quantitative estimate of drug-likeness (QED) is 0.422. The van der Waals surface area contributed by atoms with E-state index in [9.17, 15) is 14.4 Å². The maximum Gasteiger partial charge on any atom is 0.375 e. The highest BCUT2D eigenvalue weighted by Crippen LogP contribution is 2.62. The molecular formula is C23H34O4. The third-order valence-electron chi connectivity index (χ3n) is 8.77. The van der Waals surface area contributed by atoms with Gasteiger partial charge in [0.2, 0.25) is 5.78 Å². The predicted molar refractivity (Wildman–Crippen MR) is 102 cm³/mol. The van der Waals surface area contributed by atoms with Gasteiger partial charge in [-0.15, -0.1) is 0 Å². The van der Waals surface area contributed by atoms with Crippen molar-refractivity contribution in [3.63, 3.8) is 0 Å². The number of esters is 1. The molecule has 0 heterocycles. The summed E-state index contributed by atoms with van der Waals surface area (Å²) in [7, 11) is 0. The fourth-order valence-electron chi connectivity index (χ4n) is 7.48. The van der Waals surface area contributed by atoms with Gasteiger partial charge in [-0.05, 0) is 87.4 Å². The molecule has 0 spiro atoms. The van der Waals surface area contributed by atoms with E-state index in [4.69, 9.17) is 4.74 Å². The molecule has 0 aromatic heterocycles. The molecule has 8 unspecified atom stereocenters. The molecule has 4 aliphatic carbocycles. The monoisotopic (exact) mass is 374 g/mol. The van der Waals surface area contributed by atoms with Crippen molar-refractivity contribution in [1.82, 2.24) is 0 Å². The first-order valence-electron chi connectivity index (χ1n) is 11.1. The summed E-state index contributed by atoms with van der Waals surface area (Å²) in [6.45, 7) is 6.33. The molecule has 0 aliphatic heterocycles. The molecule has 4 heteroatoms. The normalized spacial score (nSPS) is 46.2. The number of hydrogen-bond acceptors (Lipinski definition) is 4. The Morgan fingerprint density at radius 2 is 1.78 bits per heavy atom. The van der Waals surface area contributed by atoms with E-state index in [0.29, 0.717) is 12.3 Å². The van der Waals surface area contributed by atoms with Crippen LogP contribution in [0.4, 0.5) is 0 Å². The van der Waals surface area contributed by atoms with Gasteiger partial charge in [0, 0.05) is 5.41 Å². The van der Waals surface area contributed by atoms with Crippen molar-refractivity contribution in [2.45, 2.75) is 72.1 Å². The van der Waals surface area contributed by atoms with E-state index in [1.807, 2.05) is 0 Å². The lowest BCUT2D eigenvalue weighted by Crippen LogP contribution is -2.48. The van der Waals surface area contributed by atoms with Crippen LogP contribution in [-0.4, -0.2) is 24.1 Å². The van der Waals surface area contributed by atoms with Gasteiger partial charge in [-0.2, -0.15) is 0 Å². The van der Waals surface area contributed by atoms with E-state index < -0.39 is 23.1 Å². The molecular weight excluding hydrogens is 340 g/mol. The summed E-state index contributed by atoms with van der Waals surface area (Å²) in [6.07, 6.45) is 9.13. The Morgan fingerprint density at radius 3 is 2.52 bits per heavy atom. The summed E-state index contributed by atoms with van der Waals surface area (Å²) in [6, 6.07) is 0. The Balaban J connectivity index is 1.54. The topological polar surface area (TPSA) is 60.4 Å². The molecule has 0 aromatic rings. The Hall–Kier alpha value is -1.19. The molecule has 0 amide bonds. The van der Waals surface area contributed by atoms with Gasteiger partial charge in [0.25, 0.3) is 0 Å². The lowest BCUT2D eigenvalue weighted by Gasteiger charge is -2.54. The molecule has 4 aliphatic rings. The van der Waals surface area contributed by atoms with Crippen LogP contribution in [0.3, 0.4) is 0 Å². The first-order chi connectivity index (χ1) is 12.9. The minimum atomic E-state index is -0.820. The van der Waals surface area contributed by atoms with Crippen LogP contribution >= 0.6 is 0 Å². The number of carbonyl (C=O) groups excluding carboxylic acids is 3. The highest BCUT2D eigenvalue weighted by Gasteiger charge is 2.61. The van der Waals surface area contributed by atoms with Gasteiger partial charge < -0.3 is 4.74 Å². The van der Waals surface area contributed by atoms with E-state index >= 15 is 0 Å². The summed E-state index contributed by atoms with van der Waals surface area (Å²) in [4.78, 5) is 37.7. The third kappa shape index (κ3) is 2.98. The van der Waals surface area contributed by atoms with E-state index in [1.54, 1.807) is 6.92 Å². The summed E-state index contributed by atoms with van der Waals surface area (Å²) in [5, 5.41) is 0. The highest BCUT2D eigenvalue weighted by atomic mass is 16.5. The number of hydrogen-bond donors (Lipinski definition) is 0.